The molecule has 0 aliphatic carbocycles. The van der Waals surface area contributed by atoms with Crippen LogP contribution in [0.5, 0.6) is 5.88 Å². The number of carbonyl (C=O) groups is 1. The second-order valence-corrected chi connectivity index (χ2v) is 6.16. The number of piperidine rings is 1. The molecule has 0 radical (unpaired) electrons. The first-order chi connectivity index (χ1) is 13.2. The molecule has 2 N–H and O–H groups in total. The first-order valence-electron chi connectivity index (χ1n) is 8.92. The number of amides is 2. The van der Waals surface area contributed by atoms with Gasteiger partial charge >= 0.3 is 6.03 Å². The van der Waals surface area contributed by atoms with E-state index < -0.39 is 0 Å². The van der Waals surface area contributed by atoms with E-state index in [4.69, 9.17) is 9.47 Å². The predicted molar refractivity (Wildman–Crippen MR) is 101 cm³/mol. The lowest BCUT2D eigenvalue weighted by atomic mass is 10.1. The van der Waals surface area contributed by atoms with Gasteiger partial charge in [-0.2, -0.15) is 0 Å². The molecule has 0 spiro atoms. The molecule has 1 saturated heterocycles. The number of hydrogen-bond donors (Lipinski definition) is 2. The van der Waals surface area contributed by atoms with E-state index in [2.05, 4.69) is 30.5 Å². The zero-order valence-corrected chi connectivity index (χ0v) is 15.3. The van der Waals surface area contributed by atoms with Crippen molar-refractivity contribution in [3.05, 3.63) is 36.8 Å². The lowest BCUT2D eigenvalue weighted by Crippen LogP contribution is -2.49. The van der Waals surface area contributed by atoms with Crippen molar-refractivity contribution in [2.24, 2.45) is 0 Å². The van der Waals surface area contributed by atoms with Crippen LogP contribution in [0.4, 0.5) is 16.4 Å². The van der Waals surface area contributed by atoms with Crippen LogP contribution in [0.15, 0.2) is 36.8 Å². The molecular formula is C18H24N6O3. The topological polar surface area (TPSA) is 102 Å². The number of carbonyl (C=O) groups excluding carboxylic acids is 1. The highest BCUT2D eigenvalue weighted by atomic mass is 16.5. The van der Waals surface area contributed by atoms with Gasteiger partial charge in [-0.15, -0.1) is 0 Å². The van der Waals surface area contributed by atoms with E-state index in [-0.39, 0.29) is 12.1 Å². The van der Waals surface area contributed by atoms with Crippen LogP contribution < -0.4 is 20.3 Å². The minimum Gasteiger partial charge on any atom is -0.475 e. The predicted octanol–water partition coefficient (Wildman–Crippen LogP) is 1.69. The number of urea groups is 1. The third-order valence-corrected chi connectivity index (χ3v) is 4.12. The molecule has 2 aromatic rings. The molecule has 2 amide bonds. The summed E-state index contributed by atoms with van der Waals surface area (Å²) in [5.74, 6) is 1.18. The van der Waals surface area contributed by atoms with E-state index in [1.165, 1.54) is 0 Å². The third-order valence-electron chi connectivity index (χ3n) is 4.12. The van der Waals surface area contributed by atoms with E-state index in [0.29, 0.717) is 37.3 Å². The van der Waals surface area contributed by atoms with Crippen LogP contribution in [0.1, 0.15) is 12.8 Å². The lowest BCUT2D eigenvalue weighted by Gasteiger charge is -2.33. The molecule has 0 aromatic carbocycles. The summed E-state index contributed by atoms with van der Waals surface area (Å²) in [4.78, 5) is 27.1. The summed E-state index contributed by atoms with van der Waals surface area (Å²) >= 11 is 0. The van der Waals surface area contributed by atoms with Gasteiger partial charge in [-0.1, -0.05) is 0 Å². The van der Waals surface area contributed by atoms with Crippen LogP contribution in [0.25, 0.3) is 0 Å². The maximum Gasteiger partial charge on any atom is 0.319 e. The molecular weight excluding hydrogens is 348 g/mol. The second kappa shape index (κ2) is 9.67. The molecule has 27 heavy (non-hydrogen) atoms. The van der Waals surface area contributed by atoms with Crippen LogP contribution in [0.2, 0.25) is 0 Å². The van der Waals surface area contributed by atoms with Crippen molar-refractivity contribution >= 4 is 17.7 Å². The Hall–Kier alpha value is -2.94. The number of hydrogen-bond acceptors (Lipinski definition) is 7. The summed E-state index contributed by atoms with van der Waals surface area (Å²) in [6.45, 7) is 2.50. The molecule has 0 saturated carbocycles. The largest absolute Gasteiger partial charge is 0.475 e. The number of nitrogens with one attached hydrogen (secondary N) is 2. The molecule has 9 nitrogen and oxygen atoms in total. The molecule has 3 rings (SSSR count). The Morgan fingerprint density at radius 1 is 1.26 bits per heavy atom. The fourth-order valence-corrected chi connectivity index (χ4v) is 2.85. The monoisotopic (exact) mass is 372 g/mol. The average molecular weight is 372 g/mol. The Kier molecular flexibility index (Phi) is 6.75. The molecule has 1 aliphatic rings. The average Bonchev–Trinajstić information content (AvgIpc) is 2.70. The van der Waals surface area contributed by atoms with Gasteiger partial charge in [-0.3, -0.25) is 0 Å². The molecule has 1 atom stereocenters. The second-order valence-electron chi connectivity index (χ2n) is 6.16. The first-order valence-corrected chi connectivity index (χ1v) is 8.92. The fraction of sp³-hybridized carbons (Fsp3) is 0.444. The van der Waals surface area contributed by atoms with Crippen molar-refractivity contribution in [2.75, 3.05) is 43.6 Å². The minimum absolute atomic E-state index is 0.0344. The maximum absolute atomic E-state index is 12.3. The van der Waals surface area contributed by atoms with Crippen molar-refractivity contribution < 1.29 is 14.3 Å². The maximum atomic E-state index is 12.3. The summed E-state index contributed by atoms with van der Waals surface area (Å²) < 4.78 is 10.3. The summed E-state index contributed by atoms with van der Waals surface area (Å²) in [6, 6.07) is 5.02. The minimum atomic E-state index is -0.259. The van der Waals surface area contributed by atoms with Crippen molar-refractivity contribution in [2.45, 2.75) is 18.9 Å². The van der Waals surface area contributed by atoms with Crippen LogP contribution in [-0.2, 0) is 4.74 Å². The van der Waals surface area contributed by atoms with Crippen molar-refractivity contribution in [3.63, 3.8) is 0 Å². The first kappa shape index (κ1) is 18.8. The Bertz CT molecular complexity index is 713. The van der Waals surface area contributed by atoms with Gasteiger partial charge in [0.1, 0.15) is 6.61 Å². The summed E-state index contributed by atoms with van der Waals surface area (Å²) in [5.41, 5.74) is 0.602. The highest BCUT2D eigenvalue weighted by Gasteiger charge is 2.23. The molecule has 1 unspecified atom stereocenters. The SMILES string of the molecule is COCCOc1ccc(NC(=O)NC2CCCN(c3ncccn3)C2)cn1. The fourth-order valence-electron chi connectivity index (χ4n) is 2.85. The molecule has 1 fully saturated rings. The number of anilines is 2. The molecule has 0 bridgehead atoms. The van der Waals surface area contributed by atoms with E-state index in [1.807, 2.05) is 0 Å². The van der Waals surface area contributed by atoms with E-state index >= 15 is 0 Å². The van der Waals surface area contributed by atoms with Crippen LogP contribution in [0.3, 0.4) is 0 Å². The zero-order valence-electron chi connectivity index (χ0n) is 15.3. The van der Waals surface area contributed by atoms with E-state index in [1.54, 1.807) is 43.9 Å². The number of methoxy groups -OCH3 is 1. The van der Waals surface area contributed by atoms with Gasteiger partial charge in [-0.05, 0) is 25.0 Å². The van der Waals surface area contributed by atoms with Gasteiger partial charge in [0.05, 0.1) is 18.5 Å². The smallest absolute Gasteiger partial charge is 0.319 e. The zero-order chi connectivity index (χ0) is 18.9. The Morgan fingerprint density at radius 2 is 2.11 bits per heavy atom. The van der Waals surface area contributed by atoms with Crippen molar-refractivity contribution in [1.29, 1.82) is 0 Å². The normalized spacial score (nSPS) is 16.6. The quantitative estimate of drug-likeness (QED) is 0.713. The highest BCUT2D eigenvalue weighted by molar-refractivity contribution is 5.89. The van der Waals surface area contributed by atoms with Gasteiger partial charge < -0.3 is 25.0 Å². The van der Waals surface area contributed by atoms with E-state index in [0.717, 1.165) is 19.4 Å². The third kappa shape index (κ3) is 5.78. The Balaban J connectivity index is 1.47. The number of rotatable bonds is 7. The highest BCUT2D eigenvalue weighted by Crippen LogP contribution is 2.16. The van der Waals surface area contributed by atoms with Gasteiger partial charge in [-0.25, -0.2) is 19.7 Å². The summed E-state index contributed by atoms with van der Waals surface area (Å²) in [7, 11) is 1.61. The summed E-state index contributed by atoms with van der Waals surface area (Å²) in [6.07, 6.45) is 6.90. The van der Waals surface area contributed by atoms with Crippen molar-refractivity contribution in [1.82, 2.24) is 20.3 Å². The van der Waals surface area contributed by atoms with Crippen LogP contribution in [-0.4, -0.2) is 60.4 Å². The molecule has 144 valence electrons. The number of aromatic nitrogens is 3. The van der Waals surface area contributed by atoms with Gasteiger partial charge in [0.2, 0.25) is 11.8 Å². The Labute approximate surface area is 158 Å². The van der Waals surface area contributed by atoms with Crippen LogP contribution in [0, 0.1) is 0 Å². The lowest BCUT2D eigenvalue weighted by molar-refractivity contribution is 0.144. The number of nitrogens with zero attached hydrogens (tertiary/aromatic N) is 4. The van der Waals surface area contributed by atoms with Gasteiger partial charge in [0, 0.05) is 44.7 Å². The van der Waals surface area contributed by atoms with Crippen molar-refractivity contribution in [3.8, 4) is 5.88 Å². The molecule has 1 aliphatic heterocycles. The van der Waals surface area contributed by atoms with Gasteiger partial charge in [0.15, 0.2) is 0 Å². The molecule has 9 heteroatoms. The number of pyridine rings is 1. The molecule has 3 heterocycles. The number of ether oxygens (including phenoxy) is 2. The van der Waals surface area contributed by atoms with E-state index in [9.17, 15) is 4.79 Å². The van der Waals surface area contributed by atoms with Gasteiger partial charge in [0.25, 0.3) is 0 Å². The standard InChI is InChI=1S/C18H24N6O3/c1-26-10-11-27-16-6-5-14(12-21-16)22-18(25)23-15-4-2-9-24(13-15)17-19-7-3-8-20-17/h3,5-8,12,15H,2,4,9-11,13H2,1H3,(H2,22,23,25). The van der Waals surface area contributed by atoms with Crippen LogP contribution >= 0.6 is 0 Å². The Morgan fingerprint density at radius 3 is 2.85 bits per heavy atom. The molecule has 2 aromatic heterocycles. The summed E-state index contributed by atoms with van der Waals surface area (Å²) in [5, 5.41) is 5.80.